The minimum absolute atomic E-state index is 0.353. The molecule has 0 amide bonds. The van der Waals surface area contributed by atoms with E-state index >= 15 is 0 Å². The average Bonchev–Trinajstić information content (AvgIpc) is 2.92. The molecule has 0 unspecified atom stereocenters. The number of piperazine rings is 1. The molecular formula is C14H21N7O. The lowest BCUT2D eigenvalue weighted by Crippen LogP contribution is -2.44. The Kier molecular flexibility index (Phi) is 4.10. The van der Waals surface area contributed by atoms with E-state index in [4.69, 9.17) is 4.74 Å². The fraction of sp³-hybridized carbons (Fsp3) is 0.500. The molecule has 0 saturated carbocycles. The molecule has 2 aromatic rings. The summed E-state index contributed by atoms with van der Waals surface area (Å²) in [7, 11) is 3.70. The first-order chi connectivity index (χ1) is 10.6. The number of anilines is 3. The maximum Gasteiger partial charge on any atom is 0.320 e. The monoisotopic (exact) mass is 303 g/mol. The van der Waals surface area contributed by atoms with E-state index in [1.54, 1.807) is 7.11 Å². The normalized spacial score (nSPS) is 15.9. The third-order valence-electron chi connectivity index (χ3n) is 3.66. The van der Waals surface area contributed by atoms with Crippen molar-refractivity contribution >= 4 is 17.5 Å². The van der Waals surface area contributed by atoms with Gasteiger partial charge in [-0.2, -0.15) is 15.1 Å². The van der Waals surface area contributed by atoms with Crippen molar-refractivity contribution in [2.75, 3.05) is 50.6 Å². The highest BCUT2D eigenvalue weighted by molar-refractivity contribution is 5.57. The molecule has 1 saturated heterocycles. The Balaban J connectivity index is 1.82. The van der Waals surface area contributed by atoms with Crippen LogP contribution in [0.4, 0.5) is 17.5 Å². The van der Waals surface area contributed by atoms with Gasteiger partial charge in [0.1, 0.15) is 11.6 Å². The fourth-order valence-corrected chi connectivity index (χ4v) is 2.38. The van der Waals surface area contributed by atoms with Crippen LogP contribution in [0.2, 0.25) is 0 Å². The third-order valence-corrected chi connectivity index (χ3v) is 3.66. The standard InChI is InChI=1S/C14H21N7O/c1-10-8-12(19-18-10)15-11-9-13(17-14(16-11)22-3)21-6-4-20(2)5-7-21/h8-9H,4-7H2,1-3H3,(H2,15,16,17,18,19). The number of ether oxygens (including phenoxy) is 1. The van der Waals surface area contributed by atoms with Crippen molar-refractivity contribution in [3.63, 3.8) is 0 Å². The van der Waals surface area contributed by atoms with Gasteiger partial charge in [0.15, 0.2) is 5.82 Å². The van der Waals surface area contributed by atoms with Crippen LogP contribution in [0, 0.1) is 6.92 Å². The minimum Gasteiger partial charge on any atom is -0.467 e. The van der Waals surface area contributed by atoms with Gasteiger partial charge in [-0.15, -0.1) is 0 Å². The Bertz CT molecular complexity index is 634. The molecule has 2 aromatic heterocycles. The number of hydrogen-bond acceptors (Lipinski definition) is 7. The van der Waals surface area contributed by atoms with E-state index in [0.29, 0.717) is 11.8 Å². The molecule has 0 aromatic carbocycles. The fourth-order valence-electron chi connectivity index (χ4n) is 2.38. The Morgan fingerprint density at radius 1 is 1.14 bits per heavy atom. The highest BCUT2D eigenvalue weighted by Crippen LogP contribution is 2.22. The molecule has 8 nitrogen and oxygen atoms in total. The van der Waals surface area contributed by atoms with E-state index in [0.717, 1.165) is 43.5 Å². The number of aryl methyl sites for hydroxylation is 1. The second-order valence-electron chi connectivity index (χ2n) is 5.45. The van der Waals surface area contributed by atoms with Crippen LogP contribution in [0.5, 0.6) is 6.01 Å². The Labute approximate surface area is 129 Å². The van der Waals surface area contributed by atoms with Crippen LogP contribution in [0.15, 0.2) is 12.1 Å². The van der Waals surface area contributed by atoms with Crippen LogP contribution in [0.3, 0.4) is 0 Å². The number of hydrogen-bond donors (Lipinski definition) is 2. The summed E-state index contributed by atoms with van der Waals surface area (Å²) >= 11 is 0. The van der Waals surface area contributed by atoms with Crippen molar-refractivity contribution in [2.24, 2.45) is 0 Å². The van der Waals surface area contributed by atoms with Gasteiger partial charge < -0.3 is 19.9 Å². The number of nitrogens with zero attached hydrogens (tertiary/aromatic N) is 5. The van der Waals surface area contributed by atoms with E-state index < -0.39 is 0 Å². The van der Waals surface area contributed by atoms with Crippen molar-refractivity contribution in [2.45, 2.75) is 6.92 Å². The molecule has 22 heavy (non-hydrogen) atoms. The maximum atomic E-state index is 5.22. The quantitative estimate of drug-likeness (QED) is 0.872. The van der Waals surface area contributed by atoms with Crippen LogP contribution < -0.4 is 15.0 Å². The zero-order chi connectivity index (χ0) is 15.5. The highest BCUT2D eigenvalue weighted by atomic mass is 16.5. The lowest BCUT2D eigenvalue weighted by molar-refractivity contribution is 0.311. The number of aromatic amines is 1. The molecule has 3 rings (SSSR count). The van der Waals surface area contributed by atoms with E-state index in [-0.39, 0.29) is 0 Å². The molecule has 1 aliphatic heterocycles. The summed E-state index contributed by atoms with van der Waals surface area (Å²) in [5, 5.41) is 10.2. The lowest BCUT2D eigenvalue weighted by atomic mass is 10.3. The SMILES string of the molecule is COc1nc(Nc2cc(C)[nH]n2)cc(N2CCN(C)CC2)n1. The summed E-state index contributed by atoms with van der Waals surface area (Å²) < 4.78 is 5.22. The van der Waals surface area contributed by atoms with Crippen LogP contribution in [-0.2, 0) is 0 Å². The van der Waals surface area contributed by atoms with Gasteiger partial charge in [-0.05, 0) is 14.0 Å². The Morgan fingerprint density at radius 3 is 2.55 bits per heavy atom. The van der Waals surface area contributed by atoms with Gasteiger partial charge in [-0.3, -0.25) is 5.10 Å². The number of rotatable bonds is 4. The Morgan fingerprint density at radius 2 is 1.91 bits per heavy atom. The smallest absolute Gasteiger partial charge is 0.320 e. The molecule has 1 aliphatic rings. The number of H-pyrrole nitrogens is 1. The molecule has 0 radical (unpaired) electrons. The first kappa shape index (κ1) is 14.6. The van der Waals surface area contributed by atoms with E-state index in [2.05, 4.69) is 42.3 Å². The molecule has 3 heterocycles. The topological polar surface area (TPSA) is 82.2 Å². The molecule has 1 fully saturated rings. The highest BCUT2D eigenvalue weighted by Gasteiger charge is 2.17. The molecule has 118 valence electrons. The Hall–Kier alpha value is -2.35. The van der Waals surface area contributed by atoms with E-state index in [9.17, 15) is 0 Å². The van der Waals surface area contributed by atoms with Gasteiger partial charge in [0.2, 0.25) is 0 Å². The molecular weight excluding hydrogens is 282 g/mol. The van der Waals surface area contributed by atoms with E-state index in [1.807, 2.05) is 19.1 Å². The first-order valence-corrected chi connectivity index (χ1v) is 7.29. The van der Waals surface area contributed by atoms with Gasteiger partial charge in [0.25, 0.3) is 0 Å². The second kappa shape index (κ2) is 6.18. The first-order valence-electron chi connectivity index (χ1n) is 7.29. The number of likely N-dealkylation sites (N-methyl/N-ethyl adjacent to an activating group) is 1. The van der Waals surface area contributed by atoms with Gasteiger partial charge in [0.05, 0.1) is 7.11 Å². The summed E-state index contributed by atoms with van der Waals surface area (Å²) in [5.74, 6) is 2.27. The summed E-state index contributed by atoms with van der Waals surface area (Å²) in [5.41, 5.74) is 0.989. The molecule has 0 aliphatic carbocycles. The number of nitrogens with one attached hydrogen (secondary N) is 2. The second-order valence-corrected chi connectivity index (χ2v) is 5.45. The summed E-state index contributed by atoms with van der Waals surface area (Å²) in [4.78, 5) is 13.3. The predicted octanol–water partition coefficient (Wildman–Crippen LogP) is 1.01. The zero-order valence-electron chi connectivity index (χ0n) is 13.1. The van der Waals surface area contributed by atoms with Gasteiger partial charge >= 0.3 is 6.01 Å². The van der Waals surface area contributed by atoms with Crippen LogP contribution >= 0.6 is 0 Å². The minimum atomic E-state index is 0.353. The number of methoxy groups -OCH3 is 1. The largest absolute Gasteiger partial charge is 0.467 e. The average molecular weight is 303 g/mol. The van der Waals surface area contributed by atoms with Gasteiger partial charge in [-0.1, -0.05) is 0 Å². The zero-order valence-corrected chi connectivity index (χ0v) is 13.1. The van der Waals surface area contributed by atoms with Crippen molar-refractivity contribution in [1.82, 2.24) is 25.1 Å². The van der Waals surface area contributed by atoms with Crippen LogP contribution in [0.1, 0.15) is 5.69 Å². The predicted molar refractivity (Wildman–Crippen MR) is 84.9 cm³/mol. The molecule has 0 spiro atoms. The van der Waals surface area contributed by atoms with Crippen molar-refractivity contribution in [3.05, 3.63) is 17.8 Å². The van der Waals surface area contributed by atoms with Crippen LogP contribution in [0.25, 0.3) is 0 Å². The maximum absolute atomic E-state index is 5.22. The van der Waals surface area contributed by atoms with Gasteiger partial charge in [-0.25, -0.2) is 0 Å². The molecule has 0 bridgehead atoms. The third kappa shape index (κ3) is 3.28. The van der Waals surface area contributed by atoms with Crippen LogP contribution in [-0.4, -0.2) is 65.4 Å². The molecule has 2 N–H and O–H groups in total. The number of aromatic nitrogens is 4. The van der Waals surface area contributed by atoms with Gasteiger partial charge in [0, 0.05) is 44.0 Å². The summed E-state index contributed by atoms with van der Waals surface area (Å²) in [6.45, 7) is 5.88. The summed E-state index contributed by atoms with van der Waals surface area (Å²) in [6, 6.07) is 4.20. The van der Waals surface area contributed by atoms with Crippen molar-refractivity contribution in [1.29, 1.82) is 0 Å². The van der Waals surface area contributed by atoms with E-state index in [1.165, 1.54) is 0 Å². The lowest BCUT2D eigenvalue weighted by Gasteiger charge is -2.33. The van der Waals surface area contributed by atoms with Crippen molar-refractivity contribution in [3.8, 4) is 6.01 Å². The van der Waals surface area contributed by atoms with Crippen molar-refractivity contribution < 1.29 is 4.74 Å². The summed E-state index contributed by atoms with van der Waals surface area (Å²) in [6.07, 6.45) is 0. The molecule has 8 heteroatoms. The molecule has 0 atom stereocenters.